The van der Waals surface area contributed by atoms with Gasteiger partial charge in [-0.3, -0.25) is 0 Å². The average molecular weight is 253 g/mol. The molecule has 1 aromatic carbocycles. The lowest BCUT2D eigenvalue weighted by molar-refractivity contribution is -0.0914. The predicted octanol–water partition coefficient (Wildman–Crippen LogP) is 3.00. The predicted molar refractivity (Wildman–Crippen MR) is 73.7 cm³/mol. The molecule has 0 aliphatic heterocycles. The van der Waals surface area contributed by atoms with Gasteiger partial charge in [0.05, 0.1) is 6.54 Å². The quantitative estimate of drug-likeness (QED) is 0.438. The van der Waals surface area contributed by atoms with Gasteiger partial charge in [0.15, 0.2) is 6.29 Å². The molecular weight excluding hydrogens is 234 g/mol. The molecule has 4 heteroatoms. The van der Waals surface area contributed by atoms with Gasteiger partial charge >= 0.3 is 0 Å². The van der Waals surface area contributed by atoms with Gasteiger partial charge in [0.25, 0.3) is 0 Å². The van der Waals surface area contributed by atoms with Crippen LogP contribution in [0.5, 0.6) is 0 Å². The first-order chi connectivity index (χ1) is 8.31. The number of hydrogen-bond donors (Lipinski definition) is 1. The summed E-state index contributed by atoms with van der Waals surface area (Å²) in [6.45, 7) is 4.35. The van der Waals surface area contributed by atoms with E-state index in [-0.39, 0.29) is 6.29 Å². The number of para-hydroxylation sites is 1. The third-order valence-electron chi connectivity index (χ3n) is 2.23. The molecule has 17 heavy (non-hydrogen) atoms. The summed E-state index contributed by atoms with van der Waals surface area (Å²) in [4.78, 5) is 1.21. The van der Waals surface area contributed by atoms with Crippen LogP contribution in [-0.4, -0.2) is 32.8 Å². The Morgan fingerprint density at radius 2 is 2.06 bits per heavy atom. The number of methoxy groups -OCH3 is 2. The first kappa shape index (κ1) is 14.1. The fraction of sp³-hybridized carbons (Fsp3) is 0.385. The number of hydrogen-bond acceptors (Lipinski definition) is 4. The summed E-state index contributed by atoms with van der Waals surface area (Å²) in [6.07, 6.45) is 1.67. The van der Waals surface area contributed by atoms with Gasteiger partial charge in [-0.1, -0.05) is 18.2 Å². The van der Waals surface area contributed by atoms with Gasteiger partial charge in [0.1, 0.15) is 0 Å². The van der Waals surface area contributed by atoms with Crippen molar-refractivity contribution in [1.29, 1.82) is 0 Å². The molecule has 0 saturated heterocycles. The fourth-order valence-corrected chi connectivity index (χ4v) is 2.11. The van der Waals surface area contributed by atoms with Crippen molar-refractivity contribution >= 4 is 17.4 Å². The summed E-state index contributed by atoms with van der Waals surface area (Å²) >= 11 is 1.75. The third-order valence-corrected chi connectivity index (χ3v) is 3.30. The van der Waals surface area contributed by atoms with Gasteiger partial charge < -0.3 is 14.8 Å². The molecule has 1 rings (SSSR count). The van der Waals surface area contributed by atoms with Crippen LogP contribution in [0.4, 0.5) is 5.69 Å². The second-order valence-electron chi connectivity index (χ2n) is 3.38. The van der Waals surface area contributed by atoms with Crippen LogP contribution >= 0.6 is 11.8 Å². The molecule has 0 aliphatic carbocycles. The molecule has 1 N–H and O–H groups in total. The molecule has 0 unspecified atom stereocenters. The third kappa shape index (κ3) is 4.81. The highest BCUT2D eigenvalue weighted by Crippen LogP contribution is 2.26. The Morgan fingerprint density at radius 1 is 1.35 bits per heavy atom. The second kappa shape index (κ2) is 8.17. The Hall–Kier alpha value is -0.970. The van der Waals surface area contributed by atoms with E-state index >= 15 is 0 Å². The molecule has 0 atom stereocenters. The van der Waals surface area contributed by atoms with Crippen LogP contribution < -0.4 is 5.32 Å². The van der Waals surface area contributed by atoms with E-state index < -0.39 is 0 Å². The molecule has 0 aromatic heterocycles. The molecular formula is C13H19NO2S. The topological polar surface area (TPSA) is 30.5 Å². The summed E-state index contributed by atoms with van der Waals surface area (Å²) in [5.41, 5.74) is 1.10. The Morgan fingerprint density at radius 3 is 2.71 bits per heavy atom. The highest BCUT2D eigenvalue weighted by molar-refractivity contribution is 7.99. The molecule has 0 aliphatic rings. The molecule has 0 spiro atoms. The van der Waals surface area contributed by atoms with Gasteiger partial charge in [-0.25, -0.2) is 0 Å². The van der Waals surface area contributed by atoms with Gasteiger partial charge in [0, 0.05) is 30.6 Å². The van der Waals surface area contributed by atoms with Crippen molar-refractivity contribution < 1.29 is 9.47 Å². The highest BCUT2D eigenvalue weighted by Gasteiger charge is 2.06. The van der Waals surface area contributed by atoms with Gasteiger partial charge in [-0.05, 0) is 12.1 Å². The smallest absolute Gasteiger partial charge is 0.173 e. The standard InChI is InChI=1S/C13H19NO2S/c1-4-9-17-12-8-6-5-7-11(12)14-10-13(15-2)16-3/h4-8,13-14H,1,9-10H2,2-3H3. The minimum Gasteiger partial charge on any atom is -0.379 e. The molecule has 0 fully saturated rings. The Labute approximate surface area is 107 Å². The van der Waals surface area contributed by atoms with E-state index in [0.29, 0.717) is 6.54 Å². The van der Waals surface area contributed by atoms with E-state index in [0.717, 1.165) is 11.4 Å². The number of rotatable bonds is 8. The molecule has 0 bridgehead atoms. The van der Waals surface area contributed by atoms with E-state index in [9.17, 15) is 0 Å². The summed E-state index contributed by atoms with van der Waals surface area (Å²) in [7, 11) is 3.27. The molecule has 0 amide bonds. The van der Waals surface area contributed by atoms with Crippen LogP contribution in [0.25, 0.3) is 0 Å². The zero-order chi connectivity index (χ0) is 12.5. The minimum atomic E-state index is -0.229. The fourth-order valence-electron chi connectivity index (χ4n) is 1.34. The summed E-state index contributed by atoms with van der Waals surface area (Å²) in [6, 6.07) is 8.18. The van der Waals surface area contributed by atoms with Crippen LogP contribution in [0, 0.1) is 0 Å². The van der Waals surface area contributed by atoms with Crippen molar-refractivity contribution in [2.45, 2.75) is 11.2 Å². The van der Waals surface area contributed by atoms with E-state index in [1.807, 2.05) is 24.3 Å². The van der Waals surface area contributed by atoms with Crippen molar-refractivity contribution in [1.82, 2.24) is 0 Å². The van der Waals surface area contributed by atoms with Gasteiger partial charge in [0.2, 0.25) is 0 Å². The van der Waals surface area contributed by atoms with E-state index in [4.69, 9.17) is 9.47 Å². The maximum Gasteiger partial charge on any atom is 0.173 e. The van der Waals surface area contributed by atoms with Gasteiger partial charge in [-0.2, -0.15) is 0 Å². The lowest BCUT2D eigenvalue weighted by Crippen LogP contribution is -2.23. The minimum absolute atomic E-state index is 0.229. The summed E-state index contributed by atoms with van der Waals surface area (Å²) in [5.74, 6) is 0.899. The number of anilines is 1. The van der Waals surface area contributed by atoms with Crippen LogP contribution in [0.1, 0.15) is 0 Å². The van der Waals surface area contributed by atoms with Crippen LogP contribution in [0.15, 0.2) is 41.8 Å². The van der Waals surface area contributed by atoms with Crippen molar-refractivity contribution in [2.24, 2.45) is 0 Å². The van der Waals surface area contributed by atoms with E-state index in [2.05, 4.69) is 18.0 Å². The number of nitrogens with one attached hydrogen (secondary N) is 1. The van der Waals surface area contributed by atoms with Crippen LogP contribution in [0.3, 0.4) is 0 Å². The Kier molecular flexibility index (Phi) is 6.77. The van der Waals surface area contributed by atoms with Crippen molar-refractivity contribution in [3.05, 3.63) is 36.9 Å². The maximum atomic E-state index is 5.13. The second-order valence-corrected chi connectivity index (χ2v) is 4.44. The Balaban J connectivity index is 2.59. The summed E-state index contributed by atoms with van der Waals surface area (Å²) < 4.78 is 10.3. The lowest BCUT2D eigenvalue weighted by Gasteiger charge is -2.16. The lowest BCUT2D eigenvalue weighted by atomic mass is 10.3. The van der Waals surface area contributed by atoms with Crippen molar-refractivity contribution in [3.63, 3.8) is 0 Å². The van der Waals surface area contributed by atoms with Crippen LogP contribution in [0.2, 0.25) is 0 Å². The Bertz CT molecular complexity index is 340. The normalized spacial score (nSPS) is 10.5. The molecule has 0 radical (unpaired) electrons. The van der Waals surface area contributed by atoms with E-state index in [1.165, 1.54) is 4.90 Å². The van der Waals surface area contributed by atoms with E-state index in [1.54, 1.807) is 26.0 Å². The summed E-state index contributed by atoms with van der Waals surface area (Å²) in [5, 5.41) is 3.32. The first-order valence-corrected chi connectivity index (χ1v) is 6.42. The number of thioether (sulfide) groups is 1. The first-order valence-electron chi connectivity index (χ1n) is 5.44. The highest BCUT2D eigenvalue weighted by atomic mass is 32.2. The van der Waals surface area contributed by atoms with Crippen LogP contribution in [-0.2, 0) is 9.47 Å². The maximum absolute atomic E-state index is 5.13. The zero-order valence-corrected chi connectivity index (χ0v) is 11.1. The monoisotopic (exact) mass is 253 g/mol. The SMILES string of the molecule is C=CCSc1ccccc1NCC(OC)OC. The largest absolute Gasteiger partial charge is 0.379 e. The molecule has 0 heterocycles. The molecule has 94 valence electrons. The van der Waals surface area contributed by atoms with Crippen molar-refractivity contribution in [2.75, 3.05) is 31.8 Å². The number of benzene rings is 1. The van der Waals surface area contributed by atoms with Crippen molar-refractivity contribution in [3.8, 4) is 0 Å². The molecule has 3 nitrogen and oxygen atoms in total. The molecule has 1 aromatic rings. The molecule has 0 saturated carbocycles. The number of ether oxygens (including phenoxy) is 2. The van der Waals surface area contributed by atoms with Gasteiger partial charge in [-0.15, -0.1) is 18.3 Å². The zero-order valence-electron chi connectivity index (χ0n) is 10.3. The average Bonchev–Trinajstić information content (AvgIpc) is 2.38.